The molecule has 3 aromatic rings. The van der Waals surface area contributed by atoms with Crippen LogP contribution in [0.4, 0.5) is 17.6 Å². The van der Waals surface area contributed by atoms with E-state index in [4.69, 9.17) is 10.8 Å². The summed E-state index contributed by atoms with van der Waals surface area (Å²) in [6.07, 6.45) is 1.83. The predicted octanol–water partition coefficient (Wildman–Crippen LogP) is 6.47. The van der Waals surface area contributed by atoms with E-state index >= 15 is 0 Å². The van der Waals surface area contributed by atoms with Crippen molar-refractivity contribution in [3.8, 4) is 35.0 Å². The Morgan fingerprint density at radius 3 is 2.23 bits per heavy atom. The fourth-order valence-electron chi connectivity index (χ4n) is 5.25. The lowest BCUT2D eigenvalue weighted by atomic mass is 9.74. The number of rotatable bonds is 6. The zero-order valence-electron chi connectivity index (χ0n) is 20.6. The Hall–Kier alpha value is -4.00. The number of hydrogen-bond acceptors (Lipinski definition) is 5. The summed E-state index contributed by atoms with van der Waals surface area (Å²) in [6.45, 7) is 0. The lowest BCUT2D eigenvalue weighted by molar-refractivity contribution is -0.286. The van der Waals surface area contributed by atoms with Gasteiger partial charge in [-0.05, 0) is 61.1 Å². The summed E-state index contributed by atoms with van der Waals surface area (Å²) in [5.74, 6) is -1.57. The van der Waals surface area contributed by atoms with Gasteiger partial charge in [-0.25, -0.2) is 8.78 Å². The highest BCUT2D eigenvalue weighted by Gasteiger charge is 2.52. The molecule has 0 atom stereocenters. The first-order valence-electron chi connectivity index (χ1n) is 12.6. The topological polar surface area (TPSA) is 77.8 Å². The Labute approximate surface area is 220 Å². The predicted molar refractivity (Wildman–Crippen MR) is 132 cm³/mol. The molecule has 202 valence electrons. The number of fused-ring (bicyclic) bond motifs is 2. The van der Waals surface area contributed by atoms with E-state index in [0.29, 0.717) is 34.9 Å². The molecule has 2 aromatic carbocycles. The van der Waals surface area contributed by atoms with Crippen LogP contribution < -0.4 is 14.8 Å². The molecule has 2 saturated carbocycles. The van der Waals surface area contributed by atoms with Crippen LogP contribution in [0.1, 0.15) is 55.5 Å². The molecular formula is C29H23F4NO5. The van der Waals surface area contributed by atoms with Gasteiger partial charge >= 0.3 is 6.29 Å². The third-order valence-corrected chi connectivity index (χ3v) is 7.86. The number of alkyl halides is 4. The maximum Gasteiger partial charge on any atom is 0.586 e. The molecule has 2 aliphatic carbocycles. The number of hydrogen-bond donors (Lipinski definition) is 1. The molecule has 1 aliphatic heterocycles. The SMILES string of the molecule is C#CC1(CC(=O)C2(NC(=O)c3cc4ccc(-c5ccc6c(c5)OC(F)(F)O6)cc4o3)CCC(F)(F)CC2)CC1. The van der Waals surface area contributed by atoms with Crippen LogP contribution in [-0.4, -0.2) is 29.4 Å². The molecule has 1 aromatic heterocycles. The highest BCUT2D eigenvalue weighted by atomic mass is 19.3. The number of amides is 1. The van der Waals surface area contributed by atoms with Crippen molar-refractivity contribution in [3.05, 3.63) is 48.2 Å². The number of carbonyl (C=O) groups is 2. The Balaban J connectivity index is 1.25. The molecule has 6 nitrogen and oxygen atoms in total. The van der Waals surface area contributed by atoms with Gasteiger partial charge < -0.3 is 19.2 Å². The summed E-state index contributed by atoms with van der Waals surface area (Å²) < 4.78 is 69.5. The van der Waals surface area contributed by atoms with Crippen molar-refractivity contribution in [1.29, 1.82) is 0 Å². The number of Topliss-reactive ketones (excluding diaryl/α,β-unsaturated/α-hetero) is 1. The average Bonchev–Trinajstić information content (AvgIpc) is 3.40. The van der Waals surface area contributed by atoms with Crippen LogP contribution in [0.5, 0.6) is 11.5 Å². The van der Waals surface area contributed by atoms with Gasteiger partial charge in [0.1, 0.15) is 5.58 Å². The first kappa shape index (κ1) is 25.3. The zero-order chi connectivity index (χ0) is 27.6. The number of carbonyl (C=O) groups excluding carboxylic acids is 2. The maximum atomic E-state index is 14.0. The molecule has 6 rings (SSSR count). The molecule has 2 fully saturated rings. The van der Waals surface area contributed by atoms with Crippen molar-refractivity contribution in [3.63, 3.8) is 0 Å². The van der Waals surface area contributed by atoms with Crippen LogP contribution in [0, 0.1) is 17.8 Å². The number of ketones is 1. The van der Waals surface area contributed by atoms with E-state index in [-0.39, 0.29) is 42.3 Å². The highest BCUT2D eigenvalue weighted by molar-refractivity contribution is 6.01. The molecule has 0 radical (unpaired) electrons. The zero-order valence-corrected chi connectivity index (χ0v) is 20.6. The van der Waals surface area contributed by atoms with Crippen molar-refractivity contribution in [2.24, 2.45) is 5.41 Å². The third-order valence-electron chi connectivity index (χ3n) is 7.86. The number of nitrogens with one attached hydrogen (secondary N) is 1. The van der Waals surface area contributed by atoms with E-state index in [1.54, 1.807) is 24.3 Å². The summed E-state index contributed by atoms with van der Waals surface area (Å²) in [5.41, 5.74) is -0.524. The number of furan rings is 1. The Morgan fingerprint density at radius 1 is 0.872 bits per heavy atom. The fraction of sp³-hybridized carbons (Fsp3) is 0.379. The molecular weight excluding hydrogens is 518 g/mol. The fourth-order valence-corrected chi connectivity index (χ4v) is 5.25. The van der Waals surface area contributed by atoms with Crippen molar-refractivity contribution in [2.75, 3.05) is 0 Å². The normalized spacial score (nSPS) is 21.2. The van der Waals surface area contributed by atoms with Gasteiger partial charge in [0, 0.05) is 30.1 Å². The minimum Gasteiger partial charge on any atom is -0.451 e. The van der Waals surface area contributed by atoms with Crippen molar-refractivity contribution in [1.82, 2.24) is 5.32 Å². The molecule has 0 spiro atoms. The largest absolute Gasteiger partial charge is 0.586 e. The second-order valence-electron chi connectivity index (χ2n) is 10.6. The maximum absolute atomic E-state index is 14.0. The van der Waals surface area contributed by atoms with Crippen LogP contribution in [0.2, 0.25) is 0 Å². The van der Waals surface area contributed by atoms with Gasteiger partial charge in [-0.1, -0.05) is 24.1 Å². The summed E-state index contributed by atoms with van der Waals surface area (Å²) in [4.78, 5) is 26.6. The van der Waals surface area contributed by atoms with Crippen LogP contribution in [-0.2, 0) is 4.79 Å². The Kier molecular flexibility index (Phi) is 5.51. The molecule has 1 amide bonds. The van der Waals surface area contributed by atoms with E-state index < -0.39 is 41.9 Å². The van der Waals surface area contributed by atoms with E-state index in [9.17, 15) is 27.2 Å². The molecule has 10 heteroatoms. The first-order chi connectivity index (χ1) is 18.4. The van der Waals surface area contributed by atoms with Crippen molar-refractivity contribution in [2.45, 2.75) is 62.7 Å². The van der Waals surface area contributed by atoms with Gasteiger partial charge in [0.05, 0.1) is 5.54 Å². The molecule has 2 heterocycles. The minimum absolute atomic E-state index is 0.0281. The Bertz CT molecular complexity index is 1540. The number of benzene rings is 2. The molecule has 3 aliphatic rings. The molecule has 0 bridgehead atoms. The van der Waals surface area contributed by atoms with Crippen LogP contribution in [0.25, 0.3) is 22.1 Å². The van der Waals surface area contributed by atoms with Gasteiger partial charge in [0.25, 0.3) is 5.91 Å². The van der Waals surface area contributed by atoms with Gasteiger partial charge in [-0.15, -0.1) is 15.2 Å². The van der Waals surface area contributed by atoms with Crippen LogP contribution >= 0.6 is 0 Å². The van der Waals surface area contributed by atoms with Crippen LogP contribution in [0.3, 0.4) is 0 Å². The molecule has 39 heavy (non-hydrogen) atoms. The Morgan fingerprint density at radius 2 is 1.54 bits per heavy atom. The monoisotopic (exact) mass is 541 g/mol. The van der Waals surface area contributed by atoms with Crippen LogP contribution in [0.15, 0.2) is 46.9 Å². The van der Waals surface area contributed by atoms with Gasteiger partial charge in [-0.3, -0.25) is 9.59 Å². The van der Waals surface area contributed by atoms with Crippen molar-refractivity contribution < 1.29 is 41.0 Å². The lowest BCUT2D eigenvalue weighted by Gasteiger charge is -2.39. The summed E-state index contributed by atoms with van der Waals surface area (Å²) >= 11 is 0. The molecule has 0 unspecified atom stereocenters. The highest BCUT2D eigenvalue weighted by Crippen LogP contribution is 2.50. The number of halogens is 4. The van der Waals surface area contributed by atoms with Gasteiger partial charge in [-0.2, -0.15) is 0 Å². The smallest absolute Gasteiger partial charge is 0.451 e. The second kappa shape index (κ2) is 8.50. The first-order valence-corrected chi connectivity index (χ1v) is 12.6. The van der Waals surface area contributed by atoms with Gasteiger partial charge in [0.2, 0.25) is 5.92 Å². The van der Waals surface area contributed by atoms with E-state index in [1.165, 1.54) is 18.2 Å². The second-order valence-corrected chi connectivity index (χ2v) is 10.6. The standard InChI is InChI=1S/C29H23F4NO5/c1-2-26(7-8-26)16-24(35)27(9-11-28(30,31)12-10-27)34-25(36)23-15-19-4-3-17(13-21(19)37-23)18-5-6-20-22(14-18)39-29(32,33)38-20/h1,3-6,13-15H,7-12,16H2,(H,34,36). The van der Waals surface area contributed by atoms with E-state index in [2.05, 4.69) is 20.7 Å². The average molecular weight is 541 g/mol. The van der Waals surface area contributed by atoms with E-state index in [0.717, 1.165) is 0 Å². The number of ether oxygens (including phenoxy) is 2. The van der Waals surface area contributed by atoms with Crippen molar-refractivity contribution >= 4 is 22.7 Å². The van der Waals surface area contributed by atoms with E-state index in [1.807, 2.05) is 0 Å². The third kappa shape index (κ3) is 4.71. The lowest BCUT2D eigenvalue weighted by Crippen LogP contribution is -2.58. The molecule has 1 N–H and O–H groups in total. The summed E-state index contributed by atoms with van der Waals surface area (Å²) in [6, 6.07) is 10.9. The van der Waals surface area contributed by atoms with Gasteiger partial charge in [0.15, 0.2) is 23.0 Å². The number of terminal acetylenes is 1. The minimum atomic E-state index is -3.73. The molecule has 0 saturated heterocycles. The quantitative estimate of drug-likeness (QED) is 0.286. The summed E-state index contributed by atoms with van der Waals surface area (Å²) in [7, 11) is 0. The summed E-state index contributed by atoms with van der Waals surface area (Å²) in [5, 5.41) is 3.30.